The average Bonchev–Trinajstić information content (AvgIpc) is 2.80. The summed E-state index contributed by atoms with van der Waals surface area (Å²) in [6.07, 6.45) is 0.945. The molecule has 1 N–H and O–H groups in total. The number of hydrogen-bond acceptors (Lipinski definition) is 4. The lowest BCUT2D eigenvalue weighted by atomic mass is 10.2. The smallest absolute Gasteiger partial charge is 0.150 e. The molecule has 0 bridgehead atoms. The molecule has 2 aromatic rings. The third kappa shape index (κ3) is 2.43. The van der Waals surface area contributed by atoms with Gasteiger partial charge in [-0.2, -0.15) is 0 Å². The SMILES string of the molecule is CNc1cc(C)nc(CN2CCc3ccc(F)cc32)n1. The van der Waals surface area contributed by atoms with E-state index in [4.69, 9.17) is 0 Å². The Balaban J connectivity index is 1.87. The Morgan fingerprint density at radius 3 is 2.95 bits per heavy atom. The third-order valence-electron chi connectivity index (χ3n) is 3.53. The van der Waals surface area contributed by atoms with E-state index in [2.05, 4.69) is 20.2 Å². The van der Waals surface area contributed by atoms with Crippen LogP contribution < -0.4 is 10.2 Å². The van der Waals surface area contributed by atoms with Gasteiger partial charge in [0.2, 0.25) is 0 Å². The van der Waals surface area contributed by atoms with Crippen LogP contribution in [0.4, 0.5) is 15.9 Å². The number of benzene rings is 1. The van der Waals surface area contributed by atoms with Crippen LogP contribution in [0.15, 0.2) is 24.3 Å². The van der Waals surface area contributed by atoms with Gasteiger partial charge in [-0.25, -0.2) is 14.4 Å². The van der Waals surface area contributed by atoms with E-state index in [1.54, 1.807) is 6.07 Å². The second-order valence-corrected chi connectivity index (χ2v) is 5.01. The topological polar surface area (TPSA) is 41.1 Å². The van der Waals surface area contributed by atoms with E-state index in [1.807, 2.05) is 26.1 Å². The van der Waals surface area contributed by atoms with Crippen molar-refractivity contribution in [2.75, 3.05) is 23.8 Å². The van der Waals surface area contributed by atoms with Crippen LogP contribution in [-0.4, -0.2) is 23.6 Å². The van der Waals surface area contributed by atoms with Gasteiger partial charge in [-0.1, -0.05) is 6.07 Å². The molecule has 0 aliphatic carbocycles. The lowest BCUT2D eigenvalue weighted by molar-refractivity contribution is 0.627. The number of aromatic nitrogens is 2. The molecule has 0 spiro atoms. The van der Waals surface area contributed by atoms with Crippen LogP contribution >= 0.6 is 0 Å². The first-order chi connectivity index (χ1) is 9.65. The molecule has 1 aliphatic heterocycles. The highest BCUT2D eigenvalue weighted by Crippen LogP contribution is 2.29. The highest BCUT2D eigenvalue weighted by Gasteiger charge is 2.20. The Kier molecular flexibility index (Phi) is 3.26. The van der Waals surface area contributed by atoms with E-state index < -0.39 is 0 Å². The summed E-state index contributed by atoms with van der Waals surface area (Å²) in [6, 6.07) is 6.88. The lowest BCUT2D eigenvalue weighted by Crippen LogP contribution is -2.21. The molecular weight excluding hydrogens is 255 g/mol. The van der Waals surface area contributed by atoms with Gasteiger partial charge in [0.05, 0.1) is 6.54 Å². The summed E-state index contributed by atoms with van der Waals surface area (Å²) in [6.45, 7) is 3.43. The molecule has 0 unspecified atom stereocenters. The second-order valence-electron chi connectivity index (χ2n) is 5.01. The van der Waals surface area contributed by atoms with Gasteiger partial charge in [0.25, 0.3) is 0 Å². The number of aryl methyl sites for hydroxylation is 1. The highest BCUT2D eigenvalue weighted by atomic mass is 19.1. The van der Waals surface area contributed by atoms with Gasteiger partial charge in [-0.05, 0) is 31.0 Å². The number of anilines is 2. The van der Waals surface area contributed by atoms with Crippen LogP contribution in [0.2, 0.25) is 0 Å². The molecule has 1 aromatic carbocycles. The first-order valence-corrected chi connectivity index (χ1v) is 6.71. The van der Waals surface area contributed by atoms with Crippen molar-refractivity contribution in [1.29, 1.82) is 0 Å². The molecule has 1 aliphatic rings. The molecule has 2 heterocycles. The van der Waals surface area contributed by atoms with Crippen molar-refractivity contribution in [3.63, 3.8) is 0 Å². The Bertz CT molecular complexity index is 642. The van der Waals surface area contributed by atoms with Gasteiger partial charge in [0.1, 0.15) is 17.5 Å². The molecule has 0 radical (unpaired) electrons. The second kappa shape index (κ2) is 5.07. The molecule has 104 valence electrons. The van der Waals surface area contributed by atoms with Crippen molar-refractivity contribution >= 4 is 11.5 Å². The molecule has 3 rings (SSSR count). The van der Waals surface area contributed by atoms with Gasteiger partial charge in [0, 0.05) is 31.0 Å². The number of nitrogens with zero attached hydrogens (tertiary/aromatic N) is 3. The fourth-order valence-electron chi connectivity index (χ4n) is 2.58. The fourth-order valence-corrected chi connectivity index (χ4v) is 2.58. The van der Waals surface area contributed by atoms with Crippen molar-refractivity contribution in [3.05, 3.63) is 47.2 Å². The number of halogens is 1. The van der Waals surface area contributed by atoms with Gasteiger partial charge < -0.3 is 10.2 Å². The normalized spacial score (nSPS) is 13.4. The molecular formula is C15H17FN4. The monoisotopic (exact) mass is 272 g/mol. The molecule has 0 saturated heterocycles. The standard InChI is InChI=1S/C15H17FN4/c1-10-7-14(17-2)19-15(18-10)9-20-6-5-11-3-4-12(16)8-13(11)20/h3-4,7-8H,5-6,9H2,1-2H3,(H,17,18,19). The summed E-state index contributed by atoms with van der Waals surface area (Å²) in [5.41, 5.74) is 3.08. The zero-order chi connectivity index (χ0) is 14.1. The zero-order valence-electron chi connectivity index (χ0n) is 11.7. The average molecular weight is 272 g/mol. The minimum absolute atomic E-state index is 0.197. The van der Waals surface area contributed by atoms with E-state index in [-0.39, 0.29) is 5.82 Å². The molecule has 0 saturated carbocycles. The molecule has 1 aromatic heterocycles. The van der Waals surface area contributed by atoms with Crippen molar-refractivity contribution in [2.24, 2.45) is 0 Å². The van der Waals surface area contributed by atoms with Crippen LogP contribution in [0.1, 0.15) is 17.1 Å². The largest absolute Gasteiger partial charge is 0.373 e. The Hall–Kier alpha value is -2.17. The van der Waals surface area contributed by atoms with Gasteiger partial charge >= 0.3 is 0 Å². The summed E-state index contributed by atoms with van der Waals surface area (Å²) < 4.78 is 13.4. The van der Waals surface area contributed by atoms with Crippen molar-refractivity contribution in [1.82, 2.24) is 9.97 Å². The predicted octanol–water partition coefficient (Wildman–Crippen LogP) is 2.53. The van der Waals surface area contributed by atoms with E-state index in [0.717, 1.165) is 36.0 Å². The van der Waals surface area contributed by atoms with Crippen LogP contribution in [0, 0.1) is 12.7 Å². The van der Waals surface area contributed by atoms with Crippen molar-refractivity contribution in [2.45, 2.75) is 19.9 Å². The van der Waals surface area contributed by atoms with Crippen LogP contribution in [0.25, 0.3) is 0 Å². The van der Waals surface area contributed by atoms with Crippen molar-refractivity contribution < 1.29 is 4.39 Å². The Morgan fingerprint density at radius 2 is 2.15 bits per heavy atom. The molecule has 20 heavy (non-hydrogen) atoms. The first kappa shape index (κ1) is 12.8. The van der Waals surface area contributed by atoms with E-state index in [0.29, 0.717) is 6.54 Å². The first-order valence-electron chi connectivity index (χ1n) is 6.71. The van der Waals surface area contributed by atoms with Crippen LogP contribution in [0.3, 0.4) is 0 Å². The predicted molar refractivity (Wildman–Crippen MR) is 77.5 cm³/mol. The maximum absolute atomic E-state index is 13.4. The summed E-state index contributed by atoms with van der Waals surface area (Å²) >= 11 is 0. The number of nitrogens with one attached hydrogen (secondary N) is 1. The molecule has 0 fully saturated rings. The van der Waals surface area contributed by atoms with E-state index in [1.165, 1.54) is 11.6 Å². The maximum Gasteiger partial charge on any atom is 0.150 e. The Labute approximate surface area is 117 Å². The molecule has 4 nitrogen and oxygen atoms in total. The summed E-state index contributed by atoms with van der Waals surface area (Å²) in [4.78, 5) is 11.0. The third-order valence-corrected chi connectivity index (χ3v) is 3.53. The zero-order valence-corrected chi connectivity index (χ0v) is 11.7. The van der Waals surface area contributed by atoms with Gasteiger partial charge in [-0.3, -0.25) is 0 Å². The van der Waals surface area contributed by atoms with E-state index >= 15 is 0 Å². The minimum Gasteiger partial charge on any atom is -0.373 e. The maximum atomic E-state index is 13.4. The molecule has 5 heteroatoms. The fraction of sp³-hybridized carbons (Fsp3) is 0.333. The Morgan fingerprint density at radius 1 is 1.30 bits per heavy atom. The molecule has 0 amide bonds. The van der Waals surface area contributed by atoms with Crippen LogP contribution in [0.5, 0.6) is 0 Å². The summed E-state index contributed by atoms with van der Waals surface area (Å²) in [5, 5.41) is 3.03. The van der Waals surface area contributed by atoms with E-state index in [9.17, 15) is 4.39 Å². The van der Waals surface area contributed by atoms with Gasteiger partial charge in [-0.15, -0.1) is 0 Å². The number of hydrogen-bond donors (Lipinski definition) is 1. The van der Waals surface area contributed by atoms with Crippen molar-refractivity contribution in [3.8, 4) is 0 Å². The quantitative estimate of drug-likeness (QED) is 0.932. The van der Waals surface area contributed by atoms with Crippen LogP contribution in [-0.2, 0) is 13.0 Å². The van der Waals surface area contributed by atoms with Gasteiger partial charge in [0.15, 0.2) is 0 Å². The number of fused-ring (bicyclic) bond motifs is 1. The minimum atomic E-state index is -0.197. The summed E-state index contributed by atoms with van der Waals surface area (Å²) in [5.74, 6) is 1.37. The highest BCUT2D eigenvalue weighted by molar-refractivity contribution is 5.58. The number of rotatable bonds is 3. The molecule has 0 atom stereocenters. The summed E-state index contributed by atoms with van der Waals surface area (Å²) in [7, 11) is 1.84. The lowest BCUT2D eigenvalue weighted by Gasteiger charge is -2.19.